The molecule has 18 heavy (non-hydrogen) atoms. The molecular formula is C14H16BrIN2. The molecule has 0 bridgehead atoms. The second-order valence-electron chi connectivity index (χ2n) is 4.52. The molecule has 1 aliphatic heterocycles. The summed E-state index contributed by atoms with van der Waals surface area (Å²) in [6, 6.07) is 6.90. The maximum absolute atomic E-state index is 5.34. The zero-order valence-corrected chi connectivity index (χ0v) is 13.9. The molecule has 0 amide bonds. The van der Waals surface area contributed by atoms with Crippen molar-refractivity contribution in [1.29, 1.82) is 0 Å². The minimum Gasteiger partial charge on any atom is -0.381 e. The predicted octanol–water partition coefficient (Wildman–Crippen LogP) is 3.56. The predicted molar refractivity (Wildman–Crippen MR) is 88.8 cm³/mol. The molecule has 2 nitrogen and oxygen atoms in total. The monoisotopic (exact) mass is 418 g/mol. The Hall–Kier alpha value is -0.250. The number of anilines is 1. The number of nitrogens with one attached hydrogen (secondary N) is 1. The Morgan fingerprint density at radius 2 is 2.17 bits per heavy atom. The summed E-state index contributed by atoms with van der Waals surface area (Å²) in [5.74, 6) is 2.72. The fourth-order valence-electron chi connectivity index (χ4n) is 2.19. The second kappa shape index (κ2) is 6.78. The zero-order valence-electron chi connectivity index (χ0n) is 10.1. The summed E-state index contributed by atoms with van der Waals surface area (Å²) < 4.78 is 2.39. The van der Waals surface area contributed by atoms with Crippen molar-refractivity contribution in [2.75, 3.05) is 25.0 Å². The van der Waals surface area contributed by atoms with Crippen LogP contribution in [0, 0.1) is 15.9 Å². The maximum Gasteiger partial charge on any atom is 0.0598 e. The van der Waals surface area contributed by atoms with Gasteiger partial charge in [0.25, 0.3) is 0 Å². The molecular weight excluding hydrogens is 403 g/mol. The van der Waals surface area contributed by atoms with E-state index in [2.05, 4.69) is 72.9 Å². The van der Waals surface area contributed by atoms with Crippen molar-refractivity contribution >= 4 is 44.2 Å². The fraction of sp³-hybridized carbons (Fsp3) is 0.429. The molecule has 4 heteroatoms. The number of halogens is 2. The molecule has 1 aromatic rings. The highest BCUT2D eigenvalue weighted by molar-refractivity contribution is 14.1. The molecule has 0 atom stereocenters. The lowest BCUT2D eigenvalue weighted by Gasteiger charge is -2.31. The molecule has 0 saturated carbocycles. The Morgan fingerprint density at radius 3 is 2.83 bits per heavy atom. The number of piperidine rings is 1. The van der Waals surface area contributed by atoms with E-state index in [1.165, 1.54) is 9.26 Å². The summed E-state index contributed by atoms with van der Waals surface area (Å²) in [6.07, 6.45) is 7.65. The van der Waals surface area contributed by atoms with E-state index in [1.807, 2.05) is 0 Å². The Balaban J connectivity index is 1.92. The minimum absolute atomic E-state index is 0.557. The van der Waals surface area contributed by atoms with Crippen LogP contribution in [0.4, 0.5) is 5.69 Å². The number of rotatable bonds is 3. The number of terminal acetylenes is 1. The van der Waals surface area contributed by atoms with Crippen molar-refractivity contribution in [1.82, 2.24) is 4.90 Å². The molecule has 1 fully saturated rings. The molecule has 0 unspecified atom stereocenters. The largest absolute Gasteiger partial charge is 0.381 e. The van der Waals surface area contributed by atoms with Gasteiger partial charge in [0, 0.05) is 32.9 Å². The van der Waals surface area contributed by atoms with Gasteiger partial charge < -0.3 is 5.32 Å². The molecule has 0 spiro atoms. The average Bonchev–Trinajstić information content (AvgIpc) is 2.37. The smallest absolute Gasteiger partial charge is 0.0598 e. The van der Waals surface area contributed by atoms with Crippen LogP contribution in [-0.2, 0) is 0 Å². The lowest BCUT2D eigenvalue weighted by molar-refractivity contribution is 0.243. The molecule has 0 aliphatic carbocycles. The van der Waals surface area contributed by atoms with Crippen molar-refractivity contribution in [3.63, 3.8) is 0 Å². The van der Waals surface area contributed by atoms with Gasteiger partial charge in [-0.15, -0.1) is 6.42 Å². The van der Waals surface area contributed by atoms with Crippen molar-refractivity contribution in [3.05, 3.63) is 26.2 Å². The van der Waals surface area contributed by atoms with Gasteiger partial charge in [-0.25, -0.2) is 0 Å². The van der Waals surface area contributed by atoms with Crippen LogP contribution in [0.5, 0.6) is 0 Å². The van der Waals surface area contributed by atoms with E-state index >= 15 is 0 Å². The molecule has 0 aromatic heterocycles. The molecule has 96 valence electrons. The minimum atomic E-state index is 0.557. The molecule has 1 aliphatic rings. The average molecular weight is 419 g/mol. The summed E-state index contributed by atoms with van der Waals surface area (Å²) in [4.78, 5) is 2.34. The van der Waals surface area contributed by atoms with Gasteiger partial charge in [0.15, 0.2) is 0 Å². The van der Waals surface area contributed by atoms with E-state index in [4.69, 9.17) is 6.42 Å². The summed E-state index contributed by atoms with van der Waals surface area (Å²) >= 11 is 5.89. The highest BCUT2D eigenvalue weighted by atomic mass is 127. The van der Waals surface area contributed by atoms with Gasteiger partial charge in [0.05, 0.1) is 6.54 Å². The highest BCUT2D eigenvalue weighted by Gasteiger charge is 2.18. The molecule has 2 rings (SSSR count). The summed E-state index contributed by atoms with van der Waals surface area (Å²) in [7, 11) is 0. The fourth-order valence-corrected chi connectivity index (χ4v) is 3.04. The third kappa shape index (κ3) is 3.87. The zero-order chi connectivity index (χ0) is 13.0. The van der Waals surface area contributed by atoms with Crippen LogP contribution in [0.15, 0.2) is 22.7 Å². The van der Waals surface area contributed by atoms with Gasteiger partial charge in [-0.2, -0.15) is 0 Å². The van der Waals surface area contributed by atoms with Crippen LogP contribution in [-0.4, -0.2) is 30.6 Å². The van der Waals surface area contributed by atoms with E-state index in [0.717, 1.165) is 36.9 Å². The van der Waals surface area contributed by atoms with E-state index < -0.39 is 0 Å². The van der Waals surface area contributed by atoms with Crippen LogP contribution >= 0.6 is 38.5 Å². The standard InChI is InChI=1S/C14H16BrIN2/c1-2-7-18-8-5-12(6-9-18)17-14-10-11(15)3-4-13(14)16/h1,3-4,10,12,17H,5-9H2. The first-order chi connectivity index (χ1) is 8.69. The van der Waals surface area contributed by atoms with Gasteiger partial charge in [0.2, 0.25) is 0 Å². The number of nitrogens with zero attached hydrogens (tertiary/aromatic N) is 1. The van der Waals surface area contributed by atoms with Gasteiger partial charge in [-0.1, -0.05) is 21.9 Å². The van der Waals surface area contributed by atoms with Gasteiger partial charge in [0.1, 0.15) is 0 Å². The molecule has 1 N–H and O–H groups in total. The topological polar surface area (TPSA) is 15.3 Å². The molecule has 1 aromatic carbocycles. The van der Waals surface area contributed by atoms with Gasteiger partial charge >= 0.3 is 0 Å². The lowest BCUT2D eigenvalue weighted by atomic mass is 10.0. The molecule has 1 heterocycles. The highest BCUT2D eigenvalue weighted by Crippen LogP contribution is 2.25. The van der Waals surface area contributed by atoms with E-state index in [-0.39, 0.29) is 0 Å². The van der Waals surface area contributed by atoms with Crippen LogP contribution in [0.25, 0.3) is 0 Å². The third-order valence-electron chi connectivity index (χ3n) is 3.19. The van der Waals surface area contributed by atoms with Crippen molar-refractivity contribution in [2.45, 2.75) is 18.9 Å². The Morgan fingerprint density at radius 1 is 1.44 bits per heavy atom. The second-order valence-corrected chi connectivity index (χ2v) is 6.60. The van der Waals surface area contributed by atoms with Gasteiger partial charge in [-0.3, -0.25) is 4.90 Å². The van der Waals surface area contributed by atoms with E-state index in [9.17, 15) is 0 Å². The lowest BCUT2D eigenvalue weighted by Crippen LogP contribution is -2.39. The summed E-state index contributed by atoms with van der Waals surface area (Å²) in [5, 5.41) is 3.64. The van der Waals surface area contributed by atoms with Crippen LogP contribution in [0.1, 0.15) is 12.8 Å². The van der Waals surface area contributed by atoms with E-state index in [1.54, 1.807) is 0 Å². The van der Waals surface area contributed by atoms with Crippen LogP contribution < -0.4 is 5.32 Å². The quantitative estimate of drug-likeness (QED) is 0.596. The first-order valence-corrected chi connectivity index (χ1v) is 7.93. The Bertz CT molecular complexity index is 448. The van der Waals surface area contributed by atoms with Crippen molar-refractivity contribution < 1.29 is 0 Å². The molecule has 1 saturated heterocycles. The summed E-state index contributed by atoms with van der Waals surface area (Å²) in [6.45, 7) is 2.96. The number of hydrogen-bond donors (Lipinski definition) is 1. The maximum atomic E-state index is 5.34. The number of likely N-dealkylation sites (tertiary alicyclic amines) is 1. The third-order valence-corrected chi connectivity index (χ3v) is 4.62. The van der Waals surface area contributed by atoms with Crippen molar-refractivity contribution in [3.8, 4) is 12.3 Å². The van der Waals surface area contributed by atoms with Crippen LogP contribution in [0.3, 0.4) is 0 Å². The first kappa shape index (κ1) is 14.2. The van der Waals surface area contributed by atoms with Crippen molar-refractivity contribution in [2.24, 2.45) is 0 Å². The molecule has 0 radical (unpaired) electrons. The number of benzene rings is 1. The normalized spacial score (nSPS) is 17.4. The SMILES string of the molecule is C#CCN1CCC(Nc2cc(Br)ccc2I)CC1. The van der Waals surface area contributed by atoms with E-state index in [0.29, 0.717) is 6.04 Å². The van der Waals surface area contributed by atoms with Gasteiger partial charge in [-0.05, 0) is 53.6 Å². The Kier molecular flexibility index (Phi) is 5.34. The summed E-state index contributed by atoms with van der Waals surface area (Å²) in [5.41, 5.74) is 1.22. The number of hydrogen-bond acceptors (Lipinski definition) is 2. The Labute approximate surface area is 131 Å². The van der Waals surface area contributed by atoms with Crippen LogP contribution in [0.2, 0.25) is 0 Å². The first-order valence-electron chi connectivity index (χ1n) is 6.06.